The summed E-state index contributed by atoms with van der Waals surface area (Å²) in [5, 5.41) is 12.2. The van der Waals surface area contributed by atoms with Gasteiger partial charge in [-0.25, -0.2) is 0 Å². The molecule has 0 spiro atoms. The van der Waals surface area contributed by atoms with Gasteiger partial charge in [0.25, 0.3) is 11.8 Å². The molecule has 7 heteroatoms. The fourth-order valence-electron chi connectivity index (χ4n) is 1.89. The van der Waals surface area contributed by atoms with E-state index in [1.54, 1.807) is 36.7 Å². The van der Waals surface area contributed by atoms with Crippen molar-refractivity contribution in [3.63, 3.8) is 0 Å². The van der Waals surface area contributed by atoms with E-state index in [0.717, 1.165) is 4.88 Å². The summed E-state index contributed by atoms with van der Waals surface area (Å²) in [4.78, 5) is 12.8. The minimum absolute atomic E-state index is 0.0340. The molecule has 116 valence electrons. The van der Waals surface area contributed by atoms with E-state index in [1.165, 1.54) is 6.08 Å². The van der Waals surface area contributed by atoms with Crippen LogP contribution in [0, 0.1) is 0 Å². The van der Waals surface area contributed by atoms with Crippen molar-refractivity contribution in [3.05, 3.63) is 52.7 Å². The molecule has 0 radical (unpaired) electrons. The van der Waals surface area contributed by atoms with Gasteiger partial charge in [0.1, 0.15) is 5.75 Å². The van der Waals surface area contributed by atoms with E-state index in [4.69, 9.17) is 9.15 Å². The van der Waals surface area contributed by atoms with Gasteiger partial charge in [0.05, 0.1) is 12.7 Å². The van der Waals surface area contributed by atoms with E-state index in [2.05, 4.69) is 15.5 Å². The Kier molecular flexibility index (Phi) is 4.49. The summed E-state index contributed by atoms with van der Waals surface area (Å²) in [6, 6.07) is 11.1. The zero-order valence-corrected chi connectivity index (χ0v) is 13.0. The van der Waals surface area contributed by atoms with Crippen molar-refractivity contribution in [2.24, 2.45) is 0 Å². The van der Waals surface area contributed by atoms with Crippen molar-refractivity contribution < 1.29 is 13.9 Å². The third-order valence-electron chi connectivity index (χ3n) is 2.93. The number of hydrogen-bond acceptors (Lipinski definition) is 6. The average Bonchev–Trinajstić information content (AvgIpc) is 3.24. The first kappa shape index (κ1) is 15.0. The van der Waals surface area contributed by atoms with Crippen LogP contribution in [0.4, 0.5) is 6.01 Å². The maximum Gasteiger partial charge on any atom is 0.322 e. The third-order valence-corrected chi connectivity index (χ3v) is 3.77. The van der Waals surface area contributed by atoms with Crippen molar-refractivity contribution >= 4 is 29.3 Å². The third kappa shape index (κ3) is 3.64. The molecule has 0 bridgehead atoms. The Morgan fingerprint density at radius 2 is 2.13 bits per heavy atom. The zero-order valence-electron chi connectivity index (χ0n) is 12.2. The lowest BCUT2D eigenvalue weighted by atomic mass is 10.2. The van der Waals surface area contributed by atoms with Crippen LogP contribution >= 0.6 is 11.3 Å². The van der Waals surface area contributed by atoms with Crippen molar-refractivity contribution in [3.8, 4) is 17.2 Å². The molecule has 0 saturated heterocycles. The zero-order chi connectivity index (χ0) is 16.1. The SMILES string of the molecule is COc1ccccc1-c1nnc(NC(=O)C=Cc2cccs2)o1. The number of nitrogens with zero attached hydrogens (tertiary/aromatic N) is 2. The molecule has 0 fully saturated rings. The topological polar surface area (TPSA) is 77.3 Å². The van der Waals surface area contributed by atoms with Crippen LogP contribution in [-0.4, -0.2) is 23.2 Å². The number of benzene rings is 1. The van der Waals surface area contributed by atoms with Gasteiger partial charge in [-0.2, -0.15) is 0 Å². The number of thiophene rings is 1. The van der Waals surface area contributed by atoms with Crippen LogP contribution < -0.4 is 10.1 Å². The number of hydrogen-bond donors (Lipinski definition) is 1. The molecular weight excluding hydrogens is 314 g/mol. The molecule has 2 aromatic heterocycles. The first-order valence-corrected chi connectivity index (χ1v) is 7.63. The fraction of sp³-hybridized carbons (Fsp3) is 0.0625. The molecule has 6 nitrogen and oxygen atoms in total. The summed E-state index contributed by atoms with van der Waals surface area (Å²) in [6.07, 6.45) is 3.14. The molecule has 23 heavy (non-hydrogen) atoms. The van der Waals surface area contributed by atoms with Gasteiger partial charge >= 0.3 is 6.01 Å². The molecule has 1 N–H and O–H groups in total. The predicted molar refractivity (Wildman–Crippen MR) is 88.3 cm³/mol. The molecule has 2 heterocycles. The number of methoxy groups -OCH3 is 1. The minimum atomic E-state index is -0.339. The highest BCUT2D eigenvalue weighted by Crippen LogP contribution is 2.29. The van der Waals surface area contributed by atoms with E-state index in [-0.39, 0.29) is 17.8 Å². The Labute approximate surface area is 136 Å². The molecule has 1 aromatic carbocycles. The monoisotopic (exact) mass is 327 g/mol. The van der Waals surface area contributed by atoms with Gasteiger partial charge in [-0.15, -0.1) is 16.4 Å². The van der Waals surface area contributed by atoms with E-state index >= 15 is 0 Å². The van der Waals surface area contributed by atoms with Crippen LogP contribution in [0.25, 0.3) is 17.5 Å². The van der Waals surface area contributed by atoms with Crippen LogP contribution in [-0.2, 0) is 4.79 Å². The lowest BCUT2D eigenvalue weighted by molar-refractivity contribution is -0.112. The van der Waals surface area contributed by atoms with Gasteiger partial charge in [0.2, 0.25) is 0 Å². The summed E-state index contributed by atoms with van der Waals surface area (Å²) in [5.74, 6) is 0.556. The van der Waals surface area contributed by atoms with Crippen LogP contribution in [0.3, 0.4) is 0 Å². The number of anilines is 1. The van der Waals surface area contributed by atoms with E-state index < -0.39 is 0 Å². The lowest BCUT2D eigenvalue weighted by Gasteiger charge is -2.03. The quantitative estimate of drug-likeness (QED) is 0.726. The number of para-hydroxylation sites is 1. The highest BCUT2D eigenvalue weighted by atomic mass is 32.1. The van der Waals surface area contributed by atoms with Crippen LogP contribution in [0.5, 0.6) is 5.75 Å². The lowest BCUT2D eigenvalue weighted by Crippen LogP contribution is -2.07. The van der Waals surface area contributed by atoms with Crippen LogP contribution in [0.1, 0.15) is 4.88 Å². The maximum atomic E-state index is 11.8. The molecule has 0 aliphatic heterocycles. The Morgan fingerprint density at radius 1 is 1.26 bits per heavy atom. The molecule has 3 rings (SSSR count). The normalized spacial score (nSPS) is 10.8. The molecular formula is C16H13N3O3S. The minimum Gasteiger partial charge on any atom is -0.496 e. The molecule has 0 saturated carbocycles. The van der Waals surface area contributed by atoms with Gasteiger partial charge in [0, 0.05) is 11.0 Å². The van der Waals surface area contributed by atoms with Gasteiger partial charge in [-0.3, -0.25) is 10.1 Å². The van der Waals surface area contributed by atoms with Crippen molar-refractivity contribution in [1.82, 2.24) is 10.2 Å². The largest absolute Gasteiger partial charge is 0.496 e. The number of carbonyl (C=O) groups is 1. The number of amides is 1. The summed E-state index contributed by atoms with van der Waals surface area (Å²) in [6.45, 7) is 0. The summed E-state index contributed by atoms with van der Waals surface area (Å²) < 4.78 is 10.7. The molecule has 0 atom stereocenters. The first-order valence-electron chi connectivity index (χ1n) is 6.76. The Bertz CT molecular complexity index is 825. The standard InChI is InChI=1S/C16H13N3O3S/c1-21-13-7-3-2-6-12(13)15-18-19-16(22-15)17-14(20)9-8-11-5-4-10-23-11/h2-10H,1H3,(H,17,19,20). The maximum absolute atomic E-state index is 11.8. The van der Waals surface area contributed by atoms with Crippen molar-refractivity contribution in [1.29, 1.82) is 0 Å². The van der Waals surface area contributed by atoms with E-state index in [1.807, 2.05) is 29.6 Å². The van der Waals surface area contributed by atoms with Gasteiger partial charge in [0.15, 0.2) is 0 Å². The van der Waals surface area contributed by atoms with Crippen LogP contribution in [0.2, 0.25) is 0 Å². The fourth-order valence-corrected chi connectivity index (χ4v) is 2.51. The van der Waals surface area contributed by atoms with E-state index in [0.29, 0.717) is 11.3 Å². The van der Waals surface area contributed by atoms with Gasteiger partial charge in [-0.05, 0) is 29.7 Å². The second kappa shape index (κ2) is 6.89. The number of nitrogens with one attached hydrogen (secondary N) is 1. The van der Waals surface area contributed by atoms with Gasteiger partial charge in [-0.1, -0.05) is 23.3 Å². The smallest absolute Gasteiger partial charge is 0.322 e. The molecule has 0 aliphatic carbocycles. The Balaban J connectivity index is 1.71. The molecule has 3 aromatic rings. The molecule has 0 unspecified atom stereocenters. The van der Waals surface area contributed by atoms with Gasteiger partial charge < -0.3 is 9.15 Å². The number of rotatable bonds is 5. The first-order chi connectivity index (χ1) is 11.3. The second-order valence-electron chi connectivity index (χ2n) is 4.45. The molecule has 1 amide bonds. The second-order valence-corrected chi connectivity index (χ2v) is 5.43. The van der Waals surface area contributed by atoms with Crippen molar-refractivity contribution in [2.45, 2.75) is 0 Å². The number of carbonyl (C=O) groups excluding carboxylic acids is 1. The van der Waals surface area contributed by atoms with Crippen LogP contribution in [0.15, 0.2) is 52.3 Å². The number of ether oxygens (including phenoxy) is 1. The highest BCUT2D eigenvalue weighted by molar-refractivity contribution is 7.10. The highest BCUT2D eigenvalue weighted by Gasteiger charge is 2.13. The summed E-state index contributed by atoms with van der Waals surface area (Å²) >= 11 is 1.54. The summed E-state index contributed by atoms with van der Waals surface area (Å²) in [5.41, 5.74) is 0.664. The predicted octanol–water partition coefficient (Wildman–Crippen LogP) is 3.46. The summed E-state index contributed by atoms with van der Waals surface area (Å²) in [7, 11) is 1.56. The van der Waals surface area contributed by atoms with E-state index in [9.17, 15) is 4.79 Å². The average molecular weight is 327 g/mol. The Hall–Kier alpha value is -2.93. The number of aromatic nitrogens is 2. The Morgan fingerprint density at radius 3 is 2.91 bits per heavy atom. The molecule has 0 aliphatic rings. The van der Waals surface area contributed by atoms with Crippen molar-refractivity contribution in [2.75, 3.05) is 12.4 Å².